The normalized spacial score (nSPS) is 33.8. The van der Waals surface area contributed by atoms with Crippen molar-refractivity contribution >= 4 is 0 Å². The van der Waals surface area contributed by atoms with E-state index in [2.05, 4.69) is 0 Å². The second-order valence-corrected chi connectivity index (χ2v) is 3.76. The third-order valence-electron chi connectivity index (χ3n) is 3.18. The molecule has 4 nitrogen and oxygen atoms in total. The van der Waals surface area contributed by atoms with Gasteiger partial charge >= 0.3 is 0 Å². The smallest absolute Gasteiger partial charge is 0.291 e. The van der Waals surface area contributed by atoms with Gasteiger partial charge in [-0.3, -0.25) is 0 Å². The lowest BCUT2D eigenvalue weighted by molar-refractivity contribution is 0.123. The Labute approximate surface area is 82.3 Å². The van der Waals surface area contributed by atoms with Gasteiger partial charge < -0.3 is 9.47 Å². The van der Waals surface area contributed by atoms with Crippen LogP contribution in [0.15, 0.2) is 11.3 Å². The van der Waals surface area contributed by atoms with Crippen LogP contribution in [-0.2, 0) is 9.47 Å². The monoisotopic (exact) mass is 190 g/mol. The molecule has 0 aromatic carbocycles. The highest BCUT2D eigenvalue weighted by Gasteiger charge is 2.46. The molecule has 4 heteroatoms. The van der Waals surface area contributed by atoms with Gasteiger partial charge in [-0.2, -0.15) is 5.26 Å². The Bertz CT molecular complexity index is 361. The minimum Gasteiger partial charge on any atom is -0.424 e. The molecule has 0 spiro atoms. The summed E-state index contributed by atoms with van der Waals surface area (Å²) in [4.78, 5) is 0. The SMILES string of the molecule is CC1=C(OC#N)C2CC(OC#N)C1C2. The Morgan fingerprint density at radius 1 is 1.29 bits per heavy atom. The van der Waals surface area contributed by atoms with Gasteiger partial charge in [-0.1, -0.05) is 0 Å². The minimum atomic E-state index is -0.00366. The van der Waals surface area contributed by atoms with Crippen LogP contribution in [0.1, 0.15) is 19.8 Å². The lowest BCUT2D eigenvalue weighted by atomic mass is 9.96. The largest absolute Gasteiger partial charge is 0.424 e. The standard InChI is InChI=1S/C10H10N2O2/c1-6-8-2-7(10(6)14-5-12)3-9(8)13-4-11/h7-9H,2-3H2,1H3. The Morgan fingerprint density at radius 3 is 2.64 bits per heavy atom. The predicted molar refractivity (Wildman–Crippen MR) is 46.1 cm³/mol. The van der Waals surface area contributed by atoms with Crippen LogP contribution in [0.3, 0.4) is 0 Å². The van der Waals surface area contributed by atoms with E-state index in [4.69, 9.17) is 20.0 Å². The molecule has 3 unspecified atom stereocenters. The molecule has 0 N–H and O–H groups in total. The van der Waals surface area contributed by atoms with Gasteiger partial charge in [0.2, 0.25) is 0 Å². The fourth-order valence-electron chi connectivity index (χ4n) is 2.58. The zero-order valence-corrected chi connectivity index (χ0v) is 7.86. The molecule has 1 saturated carbocycles. The maximum atomic E-state index is 8.45. The van der Waals surface area contributed by atoms with Gasteiger partial charge in [-0.05, 0) is 25.3 Å². The van der Waals surface area contributed by atoms with Crippen molar-refractivity contribution in [2.75, 3.05) is 0 Å². The van der Waals surface area contributed by atoms with Gasteiger partial charge in [0.25, 0.3) is 12.5 Å². The lowest BCUT2D eigenvalue weighted by Gasteiger charge is -2.20. The van der Waals surface area contributed by atoms with Crippen LogP contribution in [0.4, 0.5) is 0 Å². The van der Waals surface area contributed by atoms with E-state index in [1.54, 1.807) is 12.5 Å². The van der Waals surface area contributed by atoms with Crippen molar-refractivity contribution in [3.63, 3.8) is 0 Å². The van der Waals surface area contributed by atoms with Gasteiger partial charge in [-0.25, -0.2) is 0 Å². The van der Waals surface area contributed by atoms with Crippen LogP contribution in [0, 0.1) is 34.9 Å². The number of nitriles is 2. The molecule has 0 saturated heterocycles. The second-order valence-electron chi connectivity index (χ2n) is 3.76. The number of hydrogen-bond donors (Lipinski definition) is 0. The van der Waals surface area contributed by atoms with Crippen molar-refractivity contribution in [2.24, 2.45) is 11.8 Å². The van der Waals surface area contributed by atoms with E-state index in [-0.39, 0.29) is 17.9 Å². The zero-order chi connectivity index (χ0) is 10.1. The van der Waals surface area contributed by atoms with Gasteiger partial charge in [0, 0.05) is 11.8 Å². The summed E-state index contributed by atoms with van der Waals surface area (Å²) in [6.07, 6.45) is 5.19. The van der Waals surface area contributed by atoms with Gasteiger partial charge in [0.05, 0.1) is 0 Å². The van der Waals surface area contributed by atoms with Crippen molar-refractivity contribution in [2.45, 2.75) is 25.9 Å². The average molecular weight is 190 g/mol. The van der Waals surface area contributed by atoms with E-state index in [0.29, 0.717) is 0 Å². The fourth-order valence-corrected chi connectivity index (χ4v) is 2.58. The fraction of sp³-hybridized carbons (Fsp3) is 0.600. The molecule has 2 aliphatic carbocycles. The summed E-state index contributed by atoms with van der Waals surface area (Å²) in [7, 11) is 0. The third kappa shape index (κ3) is 1.12. The van der Waals surface area contributed by atoms with Crippen molar-refractivity contribution < 1.29 is 9.47 Å². The van der Waals surface area contributed by atoms with Crippen molar-refractivity contribution in [1.29, 1.82) is 10.5 Å². The van der Waals surface area contributed by atoms with E-state index in [9.17, 15) is 0 Å². The minimum absolute atomic E-state index is 0.00366. The van der Waals surface area contributed by atoms with E-state index < -0.39 is 0 Å². The highest BCUT2D eigenvalue weighted by molar-refractivity contribution is 5.26. The highest BCUT2D eigenvalue weighted by Crippen LogP contribution is 2.49. The molecule has 0 aromatic heterocycles. The molecule has 2 aliphatic rings. The first kappa shape index (κ1) is 8.90. The summed E-state index contributed by atoms with van der Waals surface area (Å²) < 4.78 is 9.89. The van der Waals surface area contributed by atoms with E-state index in [1.807, 2.05) is 6.92 Å². The van der Waals surface area contributed by atoms with E-state index >= 15 is 0 Å². The molecule has 3 atom stereocenters. The molecule has 0 heterocycles. The first-order chi connectivity index (χ1) is 6.77. The van der Waals surface area contributed by atoms with Gasteiger partial charge in [-0.15, -0.1) is 5.26 Å². The summed E-state index contributed by atoms with van der Waals surface area (Å²) in [6, 6.07) is 0. The molecule has 1 fully saturated rings. The number of rotatable bonds is 2. The van der Waals surface area contributed by atoms with Crippen LogP contribution < -0.4 is 0 Å². The molecule has 0 aliphatic heterocycles. The summed E-state index contributed by atoms with van der Waals surface area (Å²) in [5.74, 6) is 1.34. The first-order valence-corrected chi connectivity index (χ1v) is 4.59. The maximum Gasteiger partial charge on any atom is 0.291 e. The van der Waals surface area contributed by atoms with Crippen LogP contribution >= 0.6 is 0 Å². The summed E-state index contributed by atoms with van der Waals surface area (Å²) in [5.41, 5.74) is 1.07. The molecule has 0 aromatic rings. The zero-order valence-electron chi connectivity index (χ0n) is 7.86. The summed E-state index contributed by atoms with van der Waals surface area (Å²) >= 11 is 0. The maximum absolute atomic E-state index is 8.45. The molecule has 2 bridgehead atoms. The third-order valence-corrected chi connectivity index (χ3v) is 3.18. The van der Waals surface area contributed by atoms with Crippen molar-refractivity contribution in [3.8, 4) is 12.5 Å². The van der Waals surface area contributed by atoms with Crippen LogP contribution in [-0.4, -0.2) is 6.10 Å². The summed E-state index contributed by atoms with van der Waals surface area (Å²) in [6.45, 7) is 1.95. The Hall–Kier alpha value is -1.68. The molecular weight excluding hydrogens is 180 g/mol. The molecular formula is C10H10N2O2. The Kier molecular flexibility index (Phi) is 2.05. The van der Waals surface area contributed by atoms with Crippen LogP contribution in [0.5, 0.6) is 0 Å². The van der Waals surface area contributed by atoms with Crippen molar-refractivity contribution in [1.82, 2.24) is 0 Å². The van der Waals surface area contributed by atoms with Crippen molar-refractivity contribution in [3.05, 3.63) is 11.3 Å². The highest BCUT2D eigenvalue weighted by atomic mass is 16.5. The van der Waals surface area contributed by atoms with Crippen LogP contribution in [0.25, 0.3) is 0 Å². The number of allylic oxidation sites excluding steroid dienone is 1. The first-order valence-electron chi connectivity index (χ1n) is 4.59. The number of hydrogen-bond acceptors (Lipinski definition) is 4. The number of ether oxygens (including phenoxy) is 2. The second kappa shape index (κ2) is 3.23. The van der Waals surface area contributed by atoms with Gasteiger partial charge in [0.15, 0.2) is 0 Å². The van der Waals surface area contributed by atoms with Crippen LogP contribution in [0.2, 0.25) is 0 Å². The topological polar surface area (TPSA) is 66.0 Å². The number of fused-ring (bicyclic) bond motifs is 2. The van der Waals surface area contributed by atoms with E-state index in [0.717, 1.165) is 24.2 Å². The Balaban J connectivity index is 2.17. The molecule has 14 heavy (non-hydrogen) atoms. The average Bonchev–Trinajstić information content (AvgIpc) is 2.68. The predicted octanol–water partition coefficient (Wildman–Crippen LogP) is 1.66. The number of nitrogens with zero attached hydrogens (tertiary/aromatic N) is 2. The van der Waals surface area contributed by atoms with Gasteiger partial charge in [0.1, 0.15) is 11.9 Å². The molecule has 2 rings (SSSR count). The molecule has 0 amide bonds. The summed E-state index contributed by atoms with van der Waals surface area (Å²) in [5, 5.41) is 16.9. The van der Waals surface area contributed by atoms with E-state index in [1.165, 1.54) is 0 Å². The molecule has 72 valence electrons. The Morgan fingerprint density at radius 2 is 2.07 bits per heavy atom. The quantitative estimate of drug-likeness (QED) is 0.621. The lowest BCUT2D eigenvalue weighted by Crippen LogP contribution is -2.20. The molecule has 0 radical (unpaired) electrons.